The van der Waals surface area contributed by atoms with Crippen LogP contribution in [0.5, 0.6) is 0 Å². The van der Waals surface area contributed by atoms with Gasteiger partial charge in [-0.3, -0.25) is 4.79 Å². The molecule has 0 saturated carbocycles. The Morgan fingerprint density at radius 3 is 2.65 bits per heavy atom. The van der Waals surface area contributed by atoms with Gasteiger partial charge in [0.2, 0.25) is 5.89 Å². The summed E-state index contributed by atoms with van der Waals surface area (Å²) < 4.78 is 37.2. The molecule has 1 aromatic carbocycles. The van der Waals surface area contributed by atoms with Crippen LogP contribution in [-0.2, 0) is 12.8 Å². The zero-order chi connectivity index (χ0) is 26.1. The number of rotatable bonds is 7. The molecule has 1 aliphatic heterocycles. The van der Waals surface area contributed by atoms with Crippen molar-refractivity contribution in [2.75, 3.05) is 32.1 Å². The van der Waals surface area contributed by atoms with Gasteiger partial charge in [0.05, 0.1) is 11.1 Å². The lowest BCUT2D eigenvalue weighted by Gasteiger charge is -2.31. The van der Waals surface area contributed by atoms with Crippen molar-refractivity contribution in [2.45, 2.75) is 45.1 Å². The molecule has 9 nitrogen and oxygen atoms in total. The minimum Gasteiger partial charge on any atom is -0.345 e. The zero-order valence-corrected chi connectivity index (χ0v) is 21.1. The molecule has 0 aliphatic carbocycles. The van der Waals surface area contributed by atoms with Crippen molar-refractivity contribution in [1.29, 1.82) is 0 Å². The first-order valence-corrected chi connectivity index (χ1v) is 12.4. The Morgan fingerprint density at radius 2 is 1.95 bits per heavy atom. The molecule has 1 saturated heterocycles. The van der Waals surface area contributed by atoms with Gasteiger partial charge in [-0.1, -0.05) is 13.0 Å². The van der Waals surface area contributed by atoms with Crippen LogP contribution < -0.4 is 4.90 Å². The van der Waals surface area contributed by atoms with Crippen molar-refractivity contribution in [1.82, 2.24) is 29.6 Å². The summed E-state index contributed by atoms with van der Waals surface area (Å²) in [7, 11) is 3.22. The number of anilines is 1. The van der Waals surface area contributed by atoms with Gasteiger partial charge in [-0.25, -0.2) is 18.7 Å². The average molecular weight is 510 g/mol. The minimum atomic E-state index is -0.532. The Bertz CT molecular complexity index is 1420. The van der Waals surface area contributed by atoms with E-state index in [0.29, 0.717) is 47.2 Å². The lowest BCUT2D eigenvalue weighted by Crippen LogP contribution is -2.35. The maximum atomic E-state index is 15.2. The lowest BCUT2D eigenvalue weighted by molar-refractivity contribution is 0.0827. The Morgan fingerprint density at radius 1 is 1.16 bits per heavy atom. The number of carbonyl (C=O) groups is 1. The number of benzene rings is 1. The Balaban J connectivity index is 1.35. The van der Waals surface area contributed by atoms with E-state index < -0.39 is 11.6 Å². The van der Waals surface area contributed by atoms with Crippen molar-refractivity contribution in [3.8, 4) is 0 Å². The number of aryl methyl sites for hydroxylation is 1. The molecule has 1 fully saturated rings. The van der Waals surface area contributed by atoms with Gasteiger partial charge < -0.3 is 18.9 Å². The average Bonchev–Trinajstić information content (AvgIpc) is 3.50. The van der Waals surface area contributed by atoms with E-state index in [0.717, 1.165) is 25.7 Å². The highest BCUT2D eigenvalue weighted by Gasteiger charge is 2.27. The number of hydrogen-bond donors (Lipinski definition) is 0. The highest BCUT2D eigenvalue weighted by atomic mass is 19.1. The molecule has 0 bridgehead atoms. The number of nitrogens with zero attached hydrogens (tertiary/aromatic N) is 7. The van der Waals surface area contributed by atoms with E-state index >= 15 is 4.39 Å². The smallest absolute Gasteiger partial charge is 0.266 e. The summed E-state index contributed by atoms with van der Waals surface area (Å²) in [5.74, 6) is -0.0247. The van der Waals surface area contributed by atoms with Crippen LogP contribution in [0.1, 0.15) is 59.7 Å². The van der Waals surface area contributed by atoms with E-state index in [2.05, 4.69) is 31.9 Å². The van der Waals surface area contributed by atoms with Crippen molar-refractivity contribution >= 4 is 22.9 Å². The first-order valence-electron chi connectivity index (χ1n) is 12.4. The summed E-state index contributed by atoms with van der Waals surface area (Å²) in [6.45, 7) is 3.47. The van der Waals surface area contributed by atoms with E-state index in [-0.39, 0.29) is 23.9 Å². The summed E-state index contributed by atoms with van der Waals surface area (Å²) in [4.78, 5) is 28.7. The van der Waals surface area contributed by atoms with Gasteiger partial charge in [0.1, 0.15) is 17.8 Å². The molecular formula is C26H29F2N7O2. The van der Waals surface area contributed by atoms with Gasteiger partial charge in [-0.2, -0.15) is 4.98 Å². The molecule has 0 unspecified atom stereocenters. The molecule has 11 heteroatoms. The summed E-state index contributed by atoms with van der Waals surface area (Å²) in [5, 5.41) is 4.38. The molecule has 1 amide bonds. The summed E-state index contributed by atoms with van der Waals surface area (Å²) in [5.41, 5.74) is 1.48. The van der Waals surface area contributed by atoms with Crippen LogP contribution in [0.3, 0.4) is 0 Å². The Labute approximate surface area is 213 Å². The second-order valence-corrected chi connectivity index (χ2v) is 9.54. The number of aromatic nitrogens is 5. The summed E-state index contributed by atoms with van der Waals surface area (Å²) >= 11 is 0. The SMILES string of the molecule is CCCc1nc(N2CCC(n3cc(F)c4c(Cc5ccc(C(=O)N(C)C)cc5F)ncnc43)CC2)no1. The molecule has 0 atom stereocenters. The van der Waals surface area contributed by atoms with Crippen molar-refractivity contribution in [3.63, 3.8) is 0 Å². The predicted octanol–water partition coefficient (Wildman–Crippen LogP) is 4.18. The third-order valence-electron chi connectivity index (χ3n) is 6.77. The maximum Gasteiger partial charge on any atom is 0.266 e. The zero-order valence-electron chi connectivity index (χ0n) is 21.1. The molecule has 194 valence electrons. The molecular weight excluding hydrogens is 480 g/mol. The summed E-state index contributed by atoms with van der Waals surface area (Å²) in [6.07, 6.45) is 6.15. The molecule has 4 aromatic rings. The number of halogens is 2. The fourth-order valence-corrected chi connectivity index (χ4v) is 4.81. The van der Waals surface area contributed by atoms with E-state index in [4.69, 9.17) is 4.52 Å². The highest BCUT2D eigenvalue weighted by molar-refractivity contribution is 5.94. The first-order chi connectivity index (χ1) is 17.9. The Kier molecular flexibility index (Phi) is 6.86. The van der Waals surface area contributed by atoms with E-state index in [1.807, 2.05) is 4.57 Å². The molecule has 0 spiro atoms. The molecule has 37 heavy (non-hydrogen) atoms. The maximum absolute atomic E-state index is 15.2. The fraction of sp³-hybridized carbons (Fsp3) is 0.423. The Hall–Kier alpha value is -3.89. The predicted molar refractivity (Wildman–Crippen MR) is 133 cm³/mol. The molecule has 5 rings (SSSR count). The van der Waals surface area contributed by atoms with E-state index in [9.17, 15) is 9.18 Å². The van der Waals surface area contributed by atoms with E-state index in [1.165, 1.54) is 23.5 Å². The minimum absolute atomic E-state index is 0.0427. The number of hydrogen-bond acceptors (Lipinski definition) is 7. The van der Waals surface area contributed by atoms with Crippen LogP contribution in [-0.4, -0.2) is 62.7 Å². The molecule has 0 radical (unpaired) electrons. The normalized spacial score (nSPS) is 14.5. The molecule has 4 heterocycles. The number of piperidine rings is 1. The van der Waals surface area contributed by atoms with Crippen LogP contribution in [0.4, 0.5) is 14.7 Å². The van der Waals surface area contributed by atoms with Gasteiger partial charge in [-0.15, -0.1) is 0 Å². The molecule has 1 aliphatic rings. The fourth-order valence-electron chi connectivity index (χ4n) is 4.81. The van der Waals surface area contributed by atoms with Crippen LogP contribution in [0.25, 0.3) is 11.0 Å². The van der Waals surface area contributed by atoms with Gasteiger partial charge >= 0.3 is 0 Å². The number of amides is 1. The van der Waals surface area contributed by atoms with E-state index in [1.54, 1.807) is 26.2 Å². The number of carbonyl (C=O) groups excluding carboxylic acids is 1. The lowest BCUT2D eigenvalue weighted by atomic mass is 10.0. The third-order valence-corrected chi connectivity index (χ3v) is 6.77. The quantitative estimate of drug-likeness (QED) is 0.369. The second-order valence-electron chi connectivity index (χ2n) is 9.54. The topological polar surface area (TPSA) is 93.2 Å². The number of fused-ring (bicyclic) bond motifs is 1. The van der Waals surface area contributed by atoms with Crippen LogP contribution >= 0.6 is 0 Å². The van der Waals surface area contributed by atoms with Gasteiger partial charge in [0, 0.05) is 57.8 Å². The van der Waals surface area contributed by atoms with Gasteiger partial charge in [0.25, 0.3) is 11.9 Å². The molecule has 3 aromatic heterocycles. The van der Waals surface area contributed by atoms with Crippen LogP contribution in [0.2, 0.25) is 0 Å². The van der Waals surface area contributed by atoms with Crippen LogP contribution in [0.15, 0.2) is 35.2 Å². The highest BCUT2D eigenvalue weighted by Crippen LogP contribution is 2.31. The third kappa shape index (κ3) is 4.90. The van der Waals surface area contributed by atoms with Crippen molar-refractivity contribution in [2.24, 2.45) is 0 Å². The van der Waals surface area contributed by atoms with Gasteiger partial charge in [-0.05, 0) is 42.1 Å². The van der Waals surface area contributed by atoms with Crippen molar-refractivity contribution < 1.29 is 18.1 Å². The van der Waals surface area contributed by atoms with Crippen molar-refractivity contribution in [3.05, 3.63) is 65.1 Å². The monoisotopic (exact) mass is 509 g/mol. The van der Waals surface area contributed by atoms with Crippen LogP contribution in [0, 0.1) is 11.6 Å². The largest absolute Gasteiger partial charge is 0.345 e. The second kappa shape index (κ2) is 10.2. The standard InChI is InChI=1S/C26H29F2N7O2/c1-4-5-22-31-26(32-37-22)34-10-8-18(9-11-34)35-14-20(28)23-21(29-15-30-24(23)35)13-16-6-7-17(12-19(16)27)25(36)33(2)3/h6-7,12,14-15,18H,4-5,8-11,13H2,1-3H3. The van der Waals surface area contributed by atoms with Gasteiger partial charge in [0.15, 0.2) is 5.82 Å². The molecule has 0 N–H and O–H groups in total. The summed E-state index contributed by atoms with van der Waals surface area (Å²) in [6, 6.07) is 4.37. The first kappa shape index (κ1) is 24.8.